The zero-order valence-electron chi connectivity index (χ0n) is 25.8. The van der Waals surface area contributed by atoms with Crippen molar-refractivity contribution in [3.63, 3.8) is 0 Å². The van der Waals surface area contributed by atoms with Gasteiger partial charge in [-0.25, -0.2) is 13.2 Å². The monoisotopic (exact) mass is 660 g/mol. The topological polar surface area (TPSA) is 197 Å². The lowest BCUT2D eigenvalue weighted by molar-refractivity contribution is -0.150. The van der Waals surface area contributed by atoms with Crippen LogP contribution >= 0.6 is 0 Å². The fourth-order valence-corrected chi connectivity index (χ4v) is 6.19. The summed E-state index contributed by atoms with van der Waals surface area (Å²) in [5.74, 6) is -2.15. The number of nitrogens with one attached hydrogen (secondary N) is 4. The number of alkyl carbamates (subject to hydrolysis) is 1. The lowest BCUT2D eigenvalue weighted by Crippen LogP contribution is -2.54. The number of hydrogen-bond acceptors (Lipinski definition) is 10. The van der Waals surface area contributed by atoms with E-state index in [2.05, 4.69) is 15.4 Å². The Bertz CT molecular complexity index is 1550. The second-order valence-electron chi connectivity index (χ2n) is 10.8. The largest absolute Gasteiger partial charge is 0.465 e. The maximum atomic E-state index is 13.8. The van der Waals surface area contributed by atoms with E-state index in [0.717, 1.165) is 5.39 Å². The lowest BCUT2D eigenvalue weighted by Gasteiger charge is -2.34. The molecule has 46 heavy (non-hydrogen) atoms. The van der Waals surface area contributed by atoms with Crippen molar-refractivity contribution in [2.24, 2.45) is 0 Å². The van der Waals surface area contributed by atoms with Crippen molar-refractivity contribution < 1.29 is 41.8 Å². The molecule has 2 aromatic carbocycles. The van der Waals surface area contributed by atoms with Crippen LogP contribution in [0.2, 0.25) is 0 Å². The molecule has 1 heterocycles. The Hall–Kier alpha value is -4.28. The highest BCUT2D eigenvalue weighted by Crippen LogP contribution is 2.28. The summed E-state index contributed by atoms with van der Waals surface area (Å²) in [5, 5.41) is 14.6. The van der Waals surface area contributed by atoms with Crippen LogP contribution in [0.4, 0.5) is 4.79 Å². The van der Waals surface area contributed by atoms with Gasteiger partial charge in [-0.05, 0) is 49.6 Å². The number of nitrogens with zero attached hydrogens (tertiary/aromatic N) is 2. The molecule has 1 saturated heterocycles. The molecular formula is C30H40N6O9S. The van der Waals surface area contributed by atoms with Gasteiger partial charge in [-0.2, -0.15) is 4.72 Å². The minimum atomic E-state index is -4.28. The van der Waals surface area contributed by atoms with E-state index in [9.17, 15) is 27.6 Å². The van der Waals surface area contributed by atoms with Gasteiger partial charge in [0.25, 0.3) is 0 Å². The number of morpholine rings is 1. The van der Waals surface area contributed by atoms with Crippen LogP contribution in [0.15, 0.2) is 47.4 Å². The van der Waals surface area contributed by atoms with Gasteiger partial charge in [0.2, 0.25) is 27.8 Å². The molecule has 1 unspecified atom stereocenters. The summed E-state index contributed by atoms with van der Waals surface area (Å²) >= 11 is 0. The number of sulfonamides is 1. The summed E-state index contributed by atoms with van der Waals surface area (Å²) in [6, 6.07) is 9.99. The zero-order valence-corrected chi connectivity index (χ0v) is 26.6. The third kappa shape index (κ3) is 9.61. The first-order valence-electron chi connectivity index (χ1n) is 15.1. The number of esters is 1. The van der Waals surface area contributed by atoms with Gasteiger partial charge in [0.05, 0.1) is 37.2 Å². The first kappa shape index (κ1) is 34.6. The third-order valence-electron chi connectivity index (χ3n) is 7.37. The quantitative estimate of drug-likeness (QED) is 0.136. The molecule has 0 radical (unpaired) electrons. The average Bonchev–Trinajstić information content (AvgIpc) is 3.87. The molecule has 1 saturated carbocycles. The first-order valence-corrected chi connectivity index (χ1v) is 16.6. The number of rotatable bonds is 13. The fraction of sp³-hybridized carbons (Fsp3) is 0.500. The van der Waals surface area contributed by atoms with Crippen LogP contribution in [0, 0.1) is 5.41 Å². The van der Waals surface area contributed by atoms with Gasteiger partial charge in [0.15, 0.2) is 0 Å². The van der Waals surface area contributed by atoms with Crippen LogP contribution < -0.4 is 15.4 Å². The minimum absolute atomic E-state index is 0.00444. The molecule has 15 nitrogen and oxygen atoms in total. The molecule has 2 aliphatic rings. The molecule has 250 valence electrons. The van der Waals surface area contributed by atoms with E-state index in [1.807, 2.05) is 12.1 Å². The highest BCUT2D eigenvalue weighted by atomic mass is 32.2. The summed E-state index contributed by atoms with van der Waals surface area (Å²) in [6.07, 6.45) is -0.589. The fourth-order valence-electron chi connectivity index (χ4n) is 4.96. The third-order valence-corrected chi connectivity index (χ3v) is 8.84. The van der Waals surface area contributed by atoms with Crippen LogP contribution in [0.5, 0.6) is 0 Å². The smallest absolute Gasteiger partial charge is 0.413 e. The van der Waals surface area contributed by atoms with E-state index < -0.39 is 52.5 Å². The van der Waals surface area contributed by atoms with Gasteiger partial charge in [-0.3, -0.25) is 25.1 Å². The number of hydrogen-bond donors (Lipinski definition) is 4. The number of amides is 3. The molecule has 0 bridgehead atoms. The van der Waals surface area contributed by atoms with E-state index >= 15 is 0 Å². The Morgan fingerprint density at radius 1 is 1.07 bits per heavy atom. The predicted molar refractivity (Wildman–Crippen MR) is 166 cm³/mol. The number of carbonyl (C=O) groups is 4. The molecule has 4 N–H and O–H groups in total. The van der Waals surface area contributed by atoms with Gasteiger partial charge in [-0.15, -0.1) is 0 Å². The second-order valence-corrected chi connectivity index (χ2v) is 12.5. The number of carbonyl (C=O) groups excluding carboxylic acids is 4. The van der Waals surface area contributed by atoms with E-state index in [-0.39, 0.29) is 56.4 Å². The van der Waals surface area contributed by atoms with Crippen molar-refractivity contribution in [2.75, 3.05) is 46.0 Å². The minimum Gasteiger partial charge on any atom is -0.465 e. The molecule has 16 heteroatoms. The number of fused-ring (bicyclic) bond motifs is 1. The summed E-state index contributed by atoms with van der Waals surface area (Å²) in [4.78, 5) is 53.7. The highest BCUT2D eigenvalue weighted by Gasteiger charge is 2.39. The summed E-state index contributed by atoms with van der Waals surface area (Å²) in [7, 11) is -4.28. The normalized spacial score (nSPS) is 17.1. The molecule has 2 aromatic rings. The molecule has 1 aliphatic heterocycles. The van der Waals surface area contributed by atoms with E-state index in [1.54, 1.807) is 36.9 Å². The van der Waals surface area contributed by atoms with Gasteiger partial charge in [0.1, 0.15) is 12.6 Å². The molecule has 4 rings (SSSR count). The van der Waals surface area contributed by atoms with Crippen LogP contribution in [0.25, 0.3) is 10.8 Å². The molecule has 3 amide bonds. The van der Waals surface area contributed by atoms with Gasteiger partial charge >= 0.3 is 12.1 Å². The van der Waals surface area contributed by atoms with Crippen LogP contribution in [0.1, 0.15) is 33.1 Å². The Morgan fingerprint density at radius 3 is 2.48 bits per heavy atom. The molecule has 2 fully saturated rings. The van der Waals surface area contributed by atoms with E-state index in [4.69, 9.17) is 19.6 Å². The maximum absolute atomic E-state index is 13.8. The molecule has 0 spiro atoms. The van der Waals surface area contributed by atoms with E-state index in [1.165, 1.54) is 17.0 Å². The van der Waals surface area contributed by atoms with Gasteiger partial charge in [0, 0.05) is 25.7 Å². The number of ether oxygens (including phenoxy) is 3. The predicted octanol–water partition coefficient (Wildman–Crippen LogP) is 0.929. The lowest BCUT2D eigenvalue weighted by atomic mass is 10.1. The van der Waals surface area contributed by atoms with Crippen LogP contribution in [0.3, 0.4) is 0 Å². The van der Waals surface area contributed by atoms with Gasteiger partial charge < -0.3 is 29.3 Å². The Labute approximate surface area is 267 Å². The molecule has 2 atom stereocenters. The van der Waals surface area contributed by atoms with Crippen LogP contribution in [-0.2, 0) is 38.6 Å². The Morgan fingerprint density at radius 2 is 1.78 bits per heavy atom. The summed E-state index contributed by atoms with van der Waals surface area (Å²) < 4.78 is 45.0. The van der Waals surface area contributed by atoms with E-state index in [0.29, 0.717) is 24.8 Å². The van der Waals surface area contributed by atoms with Crippen molar-refractivity contribution in [1.29, 1.82) is 5.41 Å². The SMILES string of the molecule is CCOC(=O)CN(C(=O)[C@H](CC(=O)NCC1CN(C(=N)NC(=O)OCC)CCO1)NS(=O)(=O)c1ccc2ccccc2c1)C1CC1. The zero-order chi connectivity index (χ0) is 33.3. The molecule has 0 aromatic heterocycles. The molecular weight excluding hydrogens is 620 g/mol. The number of benzene rings is 2. The second kappa shape index (κ2) is 15.8. The number of guanidine groups is 1. The standard InChI is InChI=1S/C30H40N6O9S/c1-3-43-27(38)19-36(22-10-11-22)28(39)25(34-46(41,42)24-12-9-20-7-5-6-8-21(20)15-24)16-26(37)32-17-23-18-35(13-14-45-23)29(31)33-30(40)44-4-2/h5-9,12,15,22-23,25,34H,3-4,10-11,13-14,16-19H2,1-2H3,(H,32,37)(H2,31,33,40)/t23?,25-/m0/s1. The maximum Gasteiger partial charge on any atom is 0.413 e. The highest BCUT2D eigenvalue weighted by molar-refractivity contribution is 7.89. The Balaban J connectivity index is 1.46. The Kier molecular flexibility index (Phi) is 11.9. The van der Waals surface area contributed by atoms with Crippen molar-refractivity contribution in [1.82, 2.24) is 25.2 Å². The summed E-state index contributed by atoms with van der Waals surface area (Å²) in [6.45, 7) is 3.92. The summed E-state index contributed by atoms with van der Waals surface area (Å²) in [5.41, 5.74) is 0. The average molecular weight is 661 g/mol. The van der Waals surface area contributed by atoms with Crippen molar-refractivity contribution in [3.8, 4) is 0 Å². The van der Waals surface area contributed by atoms with Crippen LogP contribution in [-0.4, -0.2) is 112 Å². The van der Waals surface area contributed by atoms with Crippen molar-refractivity contribution >= 4 is 50.6 Å². The van der Waals surface area contributed by atoms with Gasteiger partial charge in [-0.1, -0.05) is 30.3 Å². The first-order chi connectivity index (χ1) is 22.0. The van der Waals surface area contributed by atoms with Crippen molar-refractivity contribution in [2.45, 2.75) is 56.2 Å². The van der Waals surface area contributed by atoms with Crippen molar-refractivity contribution in [3.05, 3.63) is 42.5 Å². The molecule has 1 aliphatic carbocycles.